The Bertz CT molecular complexity index is 1150. The monoisotopic (exact) mass is 432 g/mol. The van der Waals surface area contributed by atoms with Gasteiger partial charge < -0.3 is 10.2 Å². The molecule has 166 valence electrons. The predicted octanol–water partition coefficient (Wildman–Crippen LogP) is 2.85. The van der Waals surface area contributed by atoms with Crippen molar-refractivity contribution in [2.45, 2.75) is 45.7 Å². The Morgan fingerprint density at radius 3 is 2.47 bits per heavy atom. The predicted molar refractivity (Wildman–Crippen MR) is 121 cm³/mol. The molecule has 0 bridgehead atoms. The third-order valence-electron chi connectivity index (χ3n) is 5.50. The third kappa shape index (κ3) is 4.85. The fourth-order valence-corrected chi connectivity index (χ4v) is 3.56. The zero-order valence-corrected chi connectivity index (χ0v) is 18.9. The fraction of sp³-hybridized carbons (Fsp3) is 0.375. The van der Waals surface area contributed by atoms with Gasteiger partial charge in [0.15, 0.2) is 0 Å². The fourth-order valence-electron chi connectivity index (χ4n) is 3.56. The highest BCUT2D eigenvalue weighted by Crippen LogP contribution is 2.39. The van der Waals surface area contributed by atoms with Crippen LogP contribution < -0.4 is 5.32 Å². The minimum Gasteiger partial charge on any atom is -0.350 e. The van der Waals surface area contributed by atoms with Crippen molar-refractivity contribution in [2.24, 2.45) is 0 Å². The molecule has 8 heteroatoms. The third-order valence-corrected chi connectivity index (χ3v) is 5.50. The van der Waals surface area contributed by atoms with E-state index in [1.54, 1.807) is 25.0 Å². The Labute approximate surface area is 187 Å². The summed E-state index contributed by atoms with van der Waals surface area (Å²) in [5, 5.41) is 7.26. The van der Waals surface area contributed by atoms with E-state index in [4.69, 9.17) is 4.98 Å². The van der Waals surface area contributed by atoms with Crippen molar-refractivity contribution in [3.05, 3.63) is 64.9 Å². The lowest BCUT2D eigenvalue weighted by Crippen LogP contribution is -2.28. The van der Waals surface area contributed by atoms with Gasteiger partial charge >= 0.3 is 0 Å². The highest BCUT2D eigenvalue weighted by atomic mass is 16.2. The Kier molecular flexibility index (Phi) is 6.03. The summed E-state index contributed by atoms with van der Waals surface area (Å²) < 4.78 is 1.70. The summed E-state index contributed by atoms with van der Waals surface area (Å²) in [6.45, 7) is 4.45. The summed E-state index contributed by atoms with van der Waals surface area (Å²) in [6, 6.07) is 9.72. The van der Waals surface area contributed by atoms with Crippen molar-refractivity contribution in [1.29, 1.82) is 0 Å². The molecular formula is C24H28N6O2. The molecule has 1 aromatic carbocycles. The molecule has 2 amide bonds. The van der Waals surface area contributed by atoms with Gasteiger partial charge in [-0.05, 0) is 38.3 Å². The zero-order chi connectivity index (χ0) is 22.8. The van der Waals surface area contributed by atoms with E-state index in [-0.39, 0.29) is 18.4 Å². The molecule has 1 N–H and O–H groups in total. The summed E-state index contributed by atoms with van der Waals surface area (Å²) in [4.78, 5) is 35.6. The number of aryl methyl sites for hydroxylation is 2. The van der Waals surface area contributed by atoms with Crippen LogP contribution in [0.4, 0.5) is 0 Å². The van der Waals surface area contributed by atoms with Crippen LogP contribution in [0.3, 0.4) is 0 Å². The zero-order valence-electron chi connectivity index (χ0n) is 18.9. The molecule has 1 fully saturated rings. The molecule has 0 unspecified atom stereocenters. The van der Waals surface area contributed by atoms with Crippen molar-refractivity contribution in [3.8, 4) is 11.3 Å². The first kappa shape index (κ1) is 21.7. The Balaban J connectivity index is 1.47. The lowest BCUT2D eigenvalue weighted by molar-refractivity contribution is -0.122. The molecule has 0 spiro atoms. The van der Waals surface area contributed by atoms with Crippen molar-refractivity contribution < 1.29 is 9.59 Å². The van der Waals surface area contributed by atoms with Gasteiger partial charge in [0.05, 0.1) is 17.0 Å². The Morgan fingerprint density at radius 2 is 1.88 bits per heavy atom. The van der Waals surface area contributed by atoms with E-state index in [0.717, 1.165) is 41.2 Å². The molecule has 0 atom stereocenters. The molecular weight excluding hydrogens is 404 g/mol. The molecule has 1 aliphatic carbocycles. The van der Waals surface area contributed by atoms with Crippen LogP contribution in [0.2, 0.25) is 0 Å². The number of aromatic nitrogens is 4. The van der Waals surface area contributed by atoms with E-state index in [0.29, 0.717) is 23.7 Å². The second kappa shape index (κ2) is 8.90. The number of rotatable bonds is 7. The summed E-state index contributed by atoms with van der Waals surface area (Å²) in [6.07, 6.45) is 3.83. The summed E-state index contributed by atoms with van der Waals surface area (Å²) >= 11 is 0. The van der Waals surface area contributed by atoms with Crippen molar-refractivity contribution in [1.82, 2.24) is 30.0 Å². The molecule has 32 heavy (non-hydrogen) atoms. The van der Waals surface area contributed by atoms with Crippen LogP contribution in [0.5, 0.6) is 0 Å². The van der Waals surface area contributed by atoms with Crippen LogP contribution in [0, 0.1) is 13.8 Å². The molecule has 0 saturated heterocycles. The van der Waals surface area contributed by atoms with E-state index in [2.05, 4.69) is 15.4 Å². The molecule has 1 saturated carbocycles. The highest BCUT2D eigenvalue weighted by molar-refractivity contribution is 5.99. The average Bonchev–Trinajstić information content (AvgIpc) is 3.57. The van der Waals surface area contributed by atoms with Gasteiger partial charge in [0.1, 0.15) is 12.4 Å². The van der Waals surface area contributed by atoms with Gasteiger partial charge in [0.2, 0.25) is 5.91 Å². The van der Waals surface area contributed by atoms with Crippen LogP contribution in [0.1, 0.15) is 51.9 Å². The molecule has 0 radical (unpaired) electrons. The van der Waals surface area contributed by atoms with Gasteiger partial charge in [-0.25, -0.2) is 9.97 Å². The average molecular weight is 433 g/mol. The molecule has 1 aliphatic rings. The Morgan fingerprint density at radius 1 is 1.16 bits per heavy atom. The topological polar surface area (TPSA) is 93.0 Å². The minimum atomic E-state index is -0.122. The maximum Gasteiger partial charge on any atom is 0.257 e. The molecule has 8 nitrogen and oxygen atoms in total. The normalized spacial score (nSPS) is 13.1. The summed E-state index contributed by atoms with van der Waals surface area (Å²) in [5.41, 5.74) is 4.82. The maximum atomic E-state index is 12.6. The van der Waals surface area contributed by atoms with Crippen molar-refractivity contribution >= 4 is 11.8 Å². The number of amides is 2. The SMILES string of the molecule is Cc1cc(C)n(CC(=O)NCc2ccc(-c3nc(C4CC4)ncc3C(=O)N(C)C)cc2)n1. The second-order valence-electron chi connectivity index (χ2n) is 8.52. The van der Waals surface area contributed by atoms with Gasteiger partial charge in [-0.3, -0.25) is 14.3 Å². The molecule has 2 aromatic heterocycles. The molecule has 4 rings (SSSR count). The minimum absolute atomic E-state index is 0.0935. The van der Waals surface area contributed by atoms with Gasteiger partial charge in [-0.2, -0.15) is 5.10 Å². The smallest absolute Gasteiger partial charge is 0.257 e. The van der Waals surface area contributed by atoms with E-state index in [9.17, 15) is 9.59 Å². The number of nitrogens with one attached hydrogen (secondary N) is 1. The summed E-state index contributed by atoms with van der Waals surface area (Å²) in [5.74, 6) is 0.983. The van der Waals surface area contributed by atoms with Crippen molar-refractivity contribution in [3.63, 3.8) is 0 Å². The lowest BCUT2D eigenvalue weighted by atomic mass is 10.0. The number of benzene rings is 1. The van der Waals surface area contributed by atoms with E-state index in [1.807, 2.05) is 44.2 Å². The van der Waals surface area contributed by atoms with Crippen LogP contribution in [0.25, 0.3) is 11.3 Å². The quantitative estimate of drug-likeness (QED) is 0.620. The molecule has 2 heterocycles. The standard InChI is InChI=1S/C24H28N6O2/c1-15-11-16(2)30(28-15)14-21(31)25-12-17-5-7-18(8-6-17)22-20(24(32)29(3)4)13-26-23(27-22)19-9-10-19/h5-8,11,13,19H,9-10,12,14H2,1-4H3,(H,25,31). The first-order valence-electron chi connectivity index (χ1n) is 10.8. The lowest BCUT2D eigenvalue weighted by Gasteiger charge is -2.14. The van der Waals surface area contributed by atoms with Crippen LogP contribution in [0.15, 0.2) is 36.5 Å². The molecule has 0 aliphatic heterocycles. The van der Waals surface area contributed by atoms with E-state index in [1.165, 1.54) is 4.90 Å². The number of carbonyl (C=O) groups is 2. The van der Waals surface area contributed by atoms with Crippen LogP contribution in [-0.2, 0) is 17.9 Å². The Hall–Kier alpha value is -3.55. The van der Waals surface area contributed by atoms with E-state index < -0.39 is 0 Å². The van der Waals surface area contributed by atoms with Gasteiger partial charge in [0.25, 0.3) is 5.91 Å². The number of hydrogen-bond donors (Lipinski definition) is 1. The van der Waals surface area contributed by atoms with E-state index >= 15 is 0 Å². The maximum absolute atomic E-state index is 12.6. The van der Waals surface area contributed by atoms with Crippen molar-refractivity contribution in [2.75, 3.05) is 14.1 Å². The number of carbonyl (C=O) groups excluding carboxylic acids is 2. The summed E-state index contributed by atoms with van der Waals surface area (Å²) in [7, 11) is 3.44. The highest BCUT2D eigenvalue weighted by Gasteiger charge is 2.28. The van der Waals surface area contributed by atoms with Gasteiger partial charge in [-0.1, -0.05) is 24.3 Å². The van der Waals surface area contributed by atoms with Gasteiger partial charge in [0, 0.05) is 44.0 Å². The van der Waals surface area contributed by atoms with Gasteiger partial charge in [-0.15, -0.1) is 0 Å². The first-order valence-corrected chi connectivity index (χ1v) is 10.8. The van der Waals surface area contributed by atoms with Crippen LogP contribution in [-0.4, -0.2) is 50.6 Å². The first-order chi connectivity index (χ1) is 15.3. The largest absolute Gasteiger partial charge is 0.350 e. The molecule has 3 aromatic rings. The number of hydrogen-bond acceptors (Lipinski definition) is 5. The number of nitrogens with zero attached hydrogens (tertiary/aromatic N) is 5. The van der Waals surface area contributed by atoms with Crippen LogP contribution >= 0.6 is 0 Å². The second-order valence-corrected chi connectivity index (χ2v) is 8.52.